The molecule has 0 unspecified atom stereocenters. The van der Waals surface area contributed by atoms with E-state index in [2.05, 4.69) is 0 Å². The zero-order valence-corrected chi connectivity index (χ0v) is 8.52. The topological polar surface area (TPSA) is 51.2 Å². The molecule has 13 heavy (non-hydrogen) atoms. The van der Waals surface area contributed by atoms with Gasteiger partial charge in [-0.3, -0.25) is 4.79 Å². The molecule has 0 fully saturated rings. The van der Waals surface area contributed by atoms with Gasteiger partial charge in [-0.25, -0.2) is 8.42 Å². The van der Waals surface area contributed by atoms with Gasteiger partial charge in [-0.15, -0.1) is 0 Å². The predicted molar refractivity (Wildman–Crippen MR) is 50.9 cm³/mol. The van der Waals surface area contributed by atoms with Crippen LogP contribution in [-0.4, -0.2) is 20.5 Å². The highest BCUT2D eigenvalue weighted by atomic mass is 32.2. The van der Waals surface area contributed by atoms with Gasteiger partial charge >= 0.3 is 0 Å². The van der Waals surface area contributed by atoms with Gasteiger partial charge in [-0.1, -0.05) is 6.08 Å². The molecule has 0 saturated heterocycles. The van der Waals surface area contributed by atoms with Crippen LogP contribution in [0.25, 0.3) is 0 Å². The second-order valence-electron chi connectivity index (χ2n) is 3.11. The highest BCUT2D eigenvalue weighted by molar-refractivity contribution is 7.94. The van der Waals surface area contributed by atoms with Gasteiger partial charge in [0.05, 0.1) is 4.91 Å². The monoisotopic (exact) mass is 200 g/mol. The van der Waals surface area contributed by atoms with Gasteiger partial charge in [-0.2, -0.15) is 0 Å². The molecular weight excluding hydrogens is 188 g/mol. The standard InChI is InChI=1S/C9H12O3S/c1-7(10)8-5-3-4-6-9(8)13(2,11)12/h4,6H,3,5H2,1-2H3. The number of Topliss-reactive ketones (excluding diaryl/α,β-unsaturated/α-hetero) is 1. The lowest BCUT2D eigenvalue weighted by atomic mass is 10.0. The van der Waals surface area contributed by atoms with Crippen molar-refractivity contribution in [3.63, 3.8) is 0 Å². The van der Waals surface area contributed by atoms with Crippen LogP contribution in [0.1, 0.15) is 19.8 Å². The van der Waals surface area contributed by atoms with E-state index in [1.54, 1.807) is 6.08 Å². The molecular formula is C9H12O3S. The predicted octanol–water partition coefficient (Wildman–Crippen LogP) is 1.22. The zero-order chi connectivity index (χ0) is 10.1. The van der Waals surface area contributed by atoms with E-state index in [1.165, 1.54) is 13.0 Å². The lowest BCUT2D eigenvalue weighted by molar-refractivity contribution is -0.113. The Morgan fingerprint density at radius 1 is 1.46 bits per heavy atom. The van der Waals surface area contributed by atoms with Crippen LogP contribution in [0.4, 0.5) is 0 Å². The number of rotatable bonds is 2. The summed E-state index contributed by atoms with van der Waals surface area (Å²) in [5.41, 5.74) is 0.435. The molecule has 4 heteroatoms. The summed E-state index contributed by atoms with van der Waals surface area (Å²) in [6.45, 7) is 1.40. The van der Waals surface area contributed by atoms with Gasteiger partial charge in [-0.05, 0) is 25.8 Å². The van der Waals surface area contributed by atoms with E-state index in [-0.39, 0.29) is 10.7 Å². The molecule has 0 spiro atoms. The van der Waals surface area contributed by atoms with Crippen molar-refractivity contribution in [3.8, 4) is 0 Å². The molecule has 72 valence electrons. The first-order valence-electron chi connectivity index (χ1n) is 4.03. The first kappa shape index (κ1) is 10.2. The number of sulfone groups is 1. The number of carbonyl (C=O) groups excluding carboxylic acids is 1. The van der Waals surface area contributed by atoms with Gasteiger partial charge in [0.15, 0.2) is 15.6 Å². The maximum atomic E-state index is 11.2. The van der Waals surface area contributed by atoms with Crippen LogP contribution in [0, 0.1) is 0 Å². The quantitative estimate of drug-likeness (QED) is 0.673. The Bertz CT molecular complexity index is 385. The van der Waals surface area contributed by atoms with Gasteiger partial charge in [0.2, 0.25) is 0 Å². The molecule has 0 radical (unpaired) electrons. The fourth-order valence-corrected chi connectivity index (χ4v) is 2.38. The smallest absolute Gasteiger partial charge is 0.175 e. The summed E-state index contributed by atoms with van der Waals surface area (Å²) in [4.78, 5) is 11.3. The van der Waals surface area contributed by atoms with Gasteiger partial charge in [0, 0.05) is 11.8 Å². The average molecular weight is 200 g/mol. The fourth-order valence-electron chi connectivity index (χ4n) is 1.34. The van der Waals surface area contributed by atoms with E-state index < -0.39 is 9.84 Å². The van der Waals surface area contributed by atoms with E-state index >= 15 is 0 Å². The van der Waals surface area contributed by atoms with Crippen molar-refractivity contribution >= 4 is 15.6 Å². The number of hydrogen-bond acceptors (Lipinski definition) is 3. The summed E-state index contributed by atoms with van der Waals surface area (Å²) in [5.74, 6) is -0.148. The Labute approximate surface area is 78.1 Å². The summed E-state index contributed by atoms with van der Waals surface area (Å²) in [7, 11) is -3.25. The Balaban J connectivity index is 3.29. The molecule has 0 aromatic rings. The van der Waals surface area contributed by atoms with Gasteiger partial charge < -0.3 is 0 Å². The van der Waals surface area contributed by atoms with Crippen LogP contribution < -0.4 is 0 Å². The number of hydrogen-bond donors (Lipinski definition) is 0. The molecule has 3 nitrogen and oxygen atoms in total. The molecule has 1 aliphatic rings. The SMILES string of the molecule is CC(=O)C1=C(S(C)(=O)=O)C=CCC1. The number of carbonyl (C=O) groups is 1. The lowest BCUT2D eigenvalue weighted by Gasteiger charge is -2.11. The minimum absolute atomic E-state index is 0.148. The third kappa shape index (κ3) is 2.28. The highest BCUT2D eigenvalue weighted by Gasteiger charge is 2.19. The maximum Gasteiger partial charge on any atom is 0.175 e. The van der Waals surface area contributed by atoms with Crippen LogP contribution in [-0.2, 0) is 14.6 Å². The molecule has 0 atom stereocenters. The average Bonchev–Trinajstić information content (AvgIpc) is 2.03. The third-order valence-corrected chi connectivity index (χ3v) is 3.13. The van der Waals surface area contributed by atoms with Crippen LogP contribution in [0.5, 0.6) is 0 Å². The number of ketones is 1. The normalized spacial score (nSPS) is 17.7. The summed E-state index contributed by atoms with van der Waals surface area (Å²) in [5, 5.41) is 0. The molecule has 0 amide bonds. The van der Waals surface area contributed by atoms with Crippen molar-refractivity contribution in [2.75, 3.05) is 6.26 Å². The lowest BCUT2D eigenvalue weighted by Crippen LogP contribution is -2.10. The van der Waals surface area contributed by atoms with Crippen molar-refractivity contribution in [3.05, 3.63) is 22.6 Å². The van der Waals surface area contributed by atoms with E-state index in [4.69, 9.17) is 0 Å². The molecule has 0 bridgehead atoms. The minimum atomic E-state index is -3.25. The molecule has 0 N–H and O–H groups in total. The molecule has 0 aliphatic heterocycles. The Kier molecular flexibility index (Phi) is 2.71. The van der Waals surface area contributed by atoms with Crippen molar-refractivity contribution < 1.29 is 13.2 Å². The van der Waals surface area contributed by atoms with E-state index in [0.29, 0.717) is 12.0 Å². The first-order valence-corrected chi connectivity index (χ1v) is 5.93. The summed E-state index contributed by atoms with van der Waals surface area (Å²) < 4.78 is 22.5. The number of allylic oxidation sites excluding steroid dienone is 3. The van der Waals surface area contributed by atoms with Crippen molar-refractivity contribution in [2.24, 2.45) is 0 Å². The van der Waals surface area contributed by atoms with Crippen LogP contribution in [0.15, 0.2) is 22.6 Å². The third-order valence-electron chi connectivity index (χ3n) is 1.95. The van der Waals surface area contributed by atoms with Gasteiger partial charge in [0.1, 0.15) is 0 Å². The largest absolute Gasteiger partial charge is 0.295 e. The van der Waals surface area contributed by atoms with E-state index in [0.717, 1.165) is 12.7 Å². The van der Waals surface area contributed by atoms with Crippen molar-refractivity contribution in [1.29, 1.82) is 0 Å². The highest BCUT2D eigenvalue weighted by Crippen LogP contribution is 2.23. The van der Waals surface area contributed by atoms with Crippen LogP contribution in [0.3, 0.4) is 0 Å². The maximum absolute atomic E-state index is 11.2. The Hall–Kier alpha value is -0.900. The second kappa shape index (κ2) is 3.46. The zero-order valence-electron chi connectivity index (χ0n) is 7.70. The molecule has 0 aromatic carbocycles. The van der Waals surface area contributed by atoms with Crippen molar-refractivity contribution in [1.82, 2.24) is 0 Å². The molecule has 0 aromatic heterocycles. The second-order valence-corrected chi connectivity index (χ2v) is 5.10. The molecule has 1 aliphatic carbocycles. The summed E-state index contributed by atoms with van der Waals surface area (Å²) in [6.07, 6.45) is 5.71. The molecule has 0 saturated carbocycles. The summed E-state index contributed by atoms with van der Waals surface area (Å²) >= 11 is 0. The Morgan fingerprint density at radius 2 is 2.08 bits per heavy atom. The van der Waals surface area contributed by atoms with Crippen LogP contribution >= 0.6 is 0 Å². The minimum Gasteiger partial charge on any atom is -0.295 e. The first-order chi connectivity index (χ1) is 5.93. The fraction of sp³-hybridized carbons (Fsp3) is 0.444. The van der Waals surface area contributed by atoms with Crippen LogP contribution in [0.2, 0.25) is 0 Å². The van der Waals surface area contributed by atoms with Gasteiger partial charge in [0.25, 0.3) is 0 Å². The molecule has 1 rings (SSSR count). The van der Waals surface area contributed by atoms with E-state index in [1.807, 2.05) is 0 Å². The van der Waals surface area contributed by atoms with E-state index in [9.17, 15) is 13.2 Å². The summed E-state index contributed by atoms with van der Waals surface area (Å²) in [6, 6.07) is 0. The van der Waals surface area contributed by atoms with Crippen molar-refractivity contribution in [2.45, 2.75) is 19.8 Å². The Morgan fingerprint density at radius 3 is 2.46 bits per heavy atom. The molecule has 0 heterocycles.